The summed E-state index contributed by atoms with van der Waals surface area (Å²) in [5.74, 6) is 1.31. The number of nitrogens with one attached hydrogen (secondary N) is 2. The number of pyridine rings is 1. The summed E-state index contributed by atoms with van der Waals surface area (Å²) >= 11 is 1.42. The first-order chi connectivity index (χ1) is 13.7. The molecular formula is C19H16N6O2S. The molecule has 0 spiro atoms. The van der Waals surface area contributed by atoms with Crippen LogP contribution < -0.4 is 10.1 Å². The van der Waals surface area contributed by atoms with Gasteiger partial charge in [0, 0.05) is 17.3 Å². The number of rotatable bonds is 6. The molecule has 0 atom stereocenters. The second kappa shape index (κ2) is 7.97. The van der Waals surface area contributed by atoms with Crippen LogP contribution in [0.4, 0.5) is 5.82 Å². The molecule has 0 bridgehead atoms. The Hall–Kier alpha value is -3.59. The Morgan fingerprint density at radius 2 is 2.11 bits per heavy atom. The lowest BCUT2D eigenvalue weighted by Gasteiger charge is -2.05. The van der Waals surface area contributed by atoms with Crippen LogP contribution in [0.5, 0.6) is 5.88 Å². The van der Waals surface area contributed by atoms with Gasteiger partial charge >= 0.3 is 0 Å². The molecule has 3 aromatic heterocycles. The monoisotopic (exact) mass is 392 g/mol. The second-order valence-corrected chi connectivity index (χ2v) is 6.67. The molecule has 0 aliphatic carbocycles. The van der Waals surface area contributed by atoms with E-state index in [2.05, 4.69) is 30.5 Å². The van der Waals surface area contributed by atoms with Crippen molar-refractivity contribution in [2.45, 2.75) is 6.92 Å². The quantitative estimate of drug-likeness (QED) is 0.519. The summed E-state index contributed by atoms with van der Waals surface area (Å²) in [6.07, 6.45) is 3.14. The van der Waals surface area contributed by atoms with Gasteiger partial charge in [-0.3, -0.25) is 4.79 Å². The van der Waals surface area contributed by atoms with E-state index < -0.39 is 0 Å². The van der Waals surface area contributed by atoms with Gasteiger partial charge in [0.15, 0.2) is 5.82 Å². The van der Waals surface area contributed by atoms with Crippen LogP contribution in [0.15, 0.2) is 55.0 Å². The molecule has 0 aliphatic heterocycles. The lowest BCUT2D eigenvalue weighted by atomic mass is 10.2. The van der Waals surface area contributed by atoms with E-state index in [4.69, 9.17) is 4.74 Å². The number of amides is 1. The standard InChI is InChI=1S/C19H16N6O2S/c1-2-27-18-15(16-21-11-22-25-16)28-19(24-18)13-8-9-20-14(10-13)23-17(26)12-6-4-3-5-7-12/h3-11H,2H2,1H3,(H,20,23,26)(H,21,22,25). The summed E-state index contributed by atoms with van der Waals surface area (Å²) in [6.45, 7) is 2.38. The van der Waals surface area contributed by atoms with Crippen LogP contribution >= 0.6 is 11.3 Å². The number of nitrogens with zero attached hydrogens (tertiary/aromatic N) is 4. The molecule has 0 aliphatic rings. The summed E-state index contributed by atoms with van der Waals surface area (Å²) in [7, 11) is 0. The smallest absolute Gasteiger partial charge is 0.256 e. The molecule has 3 heterocycles. The maximum absolute atomic E-state index is 12.4. The summed E-state index contributed by atoms with van der Waals surface area (Å²) in [5, 5.41) is 11.4. The number of carbonyl (C=O) groups is 1. The van der Waals surface area contributed by atoms with Gasteiger partial charge in [-0.05, 0) is 31.2 Å². The molecule has 9 heteroatoms. The van der Waals surface area contributed by atoms with E-state index in [1.807, 2.05) is 31.2 Å². The average Bonchev–Trinajstić information content (AvgIpc) is 3.39. The van der Waals surface area contributed by atoms with Crippen molar-refractivity contribution in [1.29, 1.82) is 0 Å². The number of aromatic amines is 1. The number of H-pyrrole nitrogens is 1. The average molecular weight is 392 g/mol. The van der Waals surface area contributed by atoms with E-state index in [9.17, 15) is 4.79 Å². The third-order valence-electron chi connectivity index (χ3n) is 3.79. The van der Waals surface area contributed by atoms with Crippen molar-refractivity contribution in [2.75, 3.05) is 11.9 Å². The van der Waals surface area contributed by atoms with Gasteiger partial charge in [0.2, 0.25) is 5.88 Å². The zero-order valence-electron chi connectivity index (χ0n) is 14.9. The van der Waals surface area contributed by atoms with Crippen molar-refractivity contribution in [3.05, 3.63) is 60.6 Å². The third-order valence-corrected chi connectivity index (χ3v) is 4.89. The summed E-state index contributed by atoms with van der Waals surface area (Å²) in [6, 6.07) is 12.6. The fraction of sp³-hybridized carbons (Fsp3) is 0.105. The predicted molar refractivity (Wildman–Crippen MR) is 106 cm³/mol. The predicted octanol–water partition coefficient (Wildman–Crippen LogP) is 3.64. The molecule has 0 radical (unpaired) electrons. The maximum atomic E-state index is 12.4. The fourth-order valence-corrected chi connectivity index (χ4v) is 3.50. The van der Waals surface area contributed by atoms with Crippen molar-refractivity contribution in [2.24, 2.45) is 0 Å². The first kappa shape index (κ1) is 17.8. The van der Waals surface area contributed by atoms with Gasteiger partial charge in [-0.1, -0.05) is 18.2 Å². The largest absolute Gasteiger partial charge is 0.477 e. The van der Waals surface area contributed by atoms with E-state index >= 15 is 0 Å². The van der Waals surface area contributed by atoms with Crippen molar-refractivity contribution in [1.82, 2.24) is 25.1 Å². The minimum absolute atomic E-state index is 0.221. The number of carbonyl (C=O) groups excluding carboxylic acids is 1. The van der Waals surface area contributed by atoms with Crippen molar-refractivity contribution < 1.29 is 9.53 Å². The van der Waals surface area contributed by atoms with Gasteiger partial charge in [-0.2, -0.15) is 0 Å². The molecule has 8 nitrogen and oxygen atoms in total. The Bertz CT molecular complexity index is 1080. The van der Waals surface area contributed by atoms with Crippen molar-refractivity contribution in [3.8, 4) is 27.2 Å². The highest BCUT2D eigenvalue weighted by atomic mass is 32.1. The molecule has 2 N–H and O–H groups in total. The first-order valence-electron chi connectivity index (χ1n) is 8.57. The molecule has 0 fully saturated rings. The lowest BCUT2D eigenvalue weighted by Crippen LogP contribution is -2.12. The van der Waals surface area contributed by atoms with Gasteiger partial charge in [-0.15, -0.1) is 21.5 Å². The number of ether oxygens (including phenoxy) is 1. The van der Waals surface area contributed by atoms with Crippen LogP contribution in [-0.2, 0) is 0 Å². The SMILES string of the molecule is CCOc1nc(-c2ccnc(NC(=O)c3ccccc3)c2)sc1-c1nnc[nH]1. The van der Waals surface area contributed by atoms with E-state index in [0.29, 0.717) is 29.7 Å². The van der Waals surface area contributed by atoms with Crippen LogP contribution in [0.25, 0.3) is 21.3 Å². The Balaban J connectivity index is 1.62. The number of aromatic nitrogens is 5. The first-order valence-corrected chi connectivity index (χ1v) is 9.39. The Labute approximate surface area is 164 Å². The van der Waals surface area contributed by atoms with E-state index in [-0.39, 0.29) is 5.91 Å². The Morgan fingerprint density at radius 1 is 1.25 bits per heavy atom. The highest BCUT2D eigenvalue weighted by Gasteiger charge is 2.18. The highest BCUT2D eigenvalue weighted by Crippen LogP contribution is 2.38. The van der Waals surface area contributed by atoms with Gasteiger partial charge in [0.25, 0.3) is 5.91 Å². The van der Waals surface area contributed by atoms with Crippen molar-refractivity contribution in [3.63, 3.8) is 0 Å². The van der Waals surface area contributed by atoms with Crippen LogP contribution in [0.2, 0.25) is 0 Å². The second-order valence-electron chi connectivity index (χ2n) is 5.67. The summed E-state index contributed by atoms with van der Waals surface area (Å²) < 4.78 is 5.64. The van der Waals surface area contributed by atoms with Crippen molar-refractivity contribution >= 4 is 23.1 Å². The molecule has 0 unspecified atom stereocenters. The maximum Gasteiger partial charge on any atom is 0.256 e. The summed E-state index contributed by atoms with van der Waals surface area (Å²) in [4.78, 5) is 24.9. The van der Waals surface area contributed by atoms with Gasteiger partial charge in [0.1, 0.15) is 22.0 Å². The van der Waals surface area contributed by atoms with Crippen LogP contribution in [0, 0.1) is 0 Å². The molecular weight excluding hydrogens is 376 g/mol. The van der Waals surface area contributed by atoms with Crippen LogP contribution in [0.1, 0.15) is 17.3 Å². The summed E-state index contributed by atoms with van der Waals surface area (Å²) in [5.41, 5.74) is 1.38. The fourth-order valence-electron chi connectivity index (χ4n) is 2.54. The normalized spacial score (nSPS) is 10.6. The topological polar surface area (TPSA) is 106 Å². The lowest BCUT2D eigenvalue weighted by molar-refractivity contribution is 0.102. The number of anilines is 1. The molecule has 4 aromatic rings. The Kier molecular flexibility index (Phi) is 5.07. The van der Waals surface area contributed by atoms with Gasteiger partial charge in [0.05, 0.1) is 6.61 Å². The highest BCUT2D eigenvalue weighted by molar-refractivity contribution is 7.18. The third kappa shape index (κ3) is 3.74. The van der Waals surface area contributed by atoms with Gasteiger partial charge in [-0.25, -0.2) is 9.97 Å². The minimum Gasteiger partial charge on any atom is -0.477 e. The molecule has 28 heavy (non-hydrogen) atoms. The number of hydrogen-bond acceptors (Lipinski definition) is 7. The van der Waals surface area contributed by atoms with E-state index in [0.717, 1.165) is 15.4 Å². The van der Waals surface area contributed by atoms with E-state index in [1.54, 1.807) is 24.4 Å². The number of benzene rings is 1. The van der Waals surface area contributed by atoms with Crippen LogP contribution in [0.3, 0.4) is 0 Å². The number of hydrogen-bond donors (Lipinski definition) is 2. The zero-order chi connectivity index (χ0) is 19.3. The Morgan fingerprint density at radius 3 is 2.86 bits per heavy atom. The zero-order valence-corrected chi connectivity index (χ0v) is 15.7. The van der Waals surface area contributed by atoms with Crippen LogP contribution in [-0.4, -0.2) is 37.7 Å². The van der Waals surface area contributed by atoms with E-state index in [1.165, 1.54) is 17.7 Å². The molecule has 1 aromatic carbocycles. The molecule has 0 saturated carbocycles. The molecule has 4 rings (SSSR count). The van der Waals surface area contributed by atoms with Gasteiger partial charge < -0.3 is 15.0 Å². The molecule has 0 saturated heterocycles. The molecule has 1 amide bonds. The minimum atomic E-state index is -0.221. The number of thiazole rings is 1. The molecule has 140 valence electrons.